The summed E-state index contributed by atoms with van der Waals surface area (Å²) in [6.45, 7) is 4.19. The molecule has 3 aromatic rings. The fraction of sp³-hybridized carbons (Fsp3) is 0.300. The Balaban J connectivity index is 1.66. The molecule has 4 rings (SSSR count). The maximum Gasteiger partial charge on any atom is 0.273 e. The molecule has 7 heteroatoms. The molecule has 0 fully saturated rings. The molecule has 0 saturated carbocycles. The Morgan fingerprint density at radius 1 is 1.30 bits per heavy atom. The number of aryl methyl sites for hydroxylation is 2. The van der Waals surface area contributed by atoms with Gasteiger partial charge < -0.3 is 4.57 Å². The number of nitrogens with zero attached hydrogens (tertiary/aromatic N) is 3. The van der Waals surface area contributed by atoms with Crippen molar-refractivity contribution in [3.05, 3.63) is 68.2 Å². The average Bonchev–Trinajstić information content (AvgIpc) is 3.00. The summed E-state index contributed by atoms with van der Waals surface area (Å²) in [6.07, 6.45) is 7.62. The Labute approximate surface area is 165 Å². The molecule has 138 valence electrons. The summed E-state index contributed by atoms with van der Waals surface area (Å²) in [4.78, 5) is 29.9. The van der Waals surface area contributed by atoms with E-state index in [0.717, 1.165) is 19.3 Å². The molecule has 0 N–H and O–H groups in total. The Bertz CT molecular complexity index is 1170. The molecule has 2 heterocycles. The van der Waals surface area contributed by atoms with Crippen LogP contribution in [0, 0.1) is 3.95 Å². The second-order valence-electron chi connectivity index (χ2n) is 6.71. The standard InChI is InChI=1S/C20H19N3O2S2/c1-2-9-23-18-17(27-20(23)26)19(25)22(12-21-18)11-16(24)15-8-7-13-5-3-4-6-14(13)10-15/h2,7-8,10,12H,1,3-6,9,11H2. The predicted octanol–water partition coefficient (Wildman–Crippen LogP) is 3.94. The van der Waals surface area contributed by atoms with E-state index in [0.29, 0.717) is 26.4 Å². The molecule has 1 aliphatic rings. The van der Waals surface area contributed by atoms with Crippen molar-refractivity contribution in [3.8, 4) is 0 Å². The van der Waals surface area contributed by atoms with Gasteiger partial charge in [0.15, 0.2) is 15.4 Å². The second-order valence-corrected chi connectivity index (χ2v) is 8.36. The van der Waals surface area contributed by atoms with Crippen LogP contribution >= 0.6 is 23.6 Å². The fourth-order valence-electron chi connectivity index (χ4n) is 3.53. The molecule has 0 bridgehead atoms. The zero-order valence-corrected chi connectivity index (χ0v) is 16.4. The average molecular weight is 398 g/mol. The Kier molecular flexibility index (Phi) is 4.88. The second kappa shape index (κ2) is 7.32. The number of Topliss-reactive ketones (excluding diaryl/α,β-unsaturated/α-hetero) is 1. The smallest absolute Gasteiger partial charge is 0.273 e. The molecule has 0 saturated heterocycles. The van der Waals surface area contributed by atoms with Gasteiger partial charge in [0.1, 0.15) is 11.0 Å². The first-order chi connectivity index (χ1) is 13.1. The number of hydrogen-bond acceptors (Lipinski definition) is 5. The summed E-state index contributed by atoms with van der Waals surface area (Å²) in [5.74, 6) is -0.0826. The third kappa shape index (κ3) is 3.33. The highest BCUT2D eigenvalue weighted by Crippen LogP contribution is 2.23. The minimum atomic E-state index is -0.231. The Hall–Kier alpha value is -2.38. The third-order valence-corrected chi connectivity index (χ3v) is 6.37. The molecule has 0 amide bonds. The van der Waals surface area contributed by atoms with Crippen LogP contribution in [0.4, 0.5) is 0 Å². The Morgan fingerprint density at radius 3 is 2.85 bits per heavy atom. The van der Waals surface area contributed by atoms with E-state index >= 15 is 0 Å². The number of ketones is 1. The zero-order chi connectivity index (χ0) is 19.0. The minimum Gasteiger partial charge on any atom is -0.304 e. The lowest BCUT2D eigenvalue weighted by Crippen LogP contribution is -2.24. The van der Waals surface area contributed by atoms with E-state index < -0.39 is 0 Å². The number of aromatic nitrogens is 3. The first kappa shape index (κ1) is 18.0. The summed E-state index contributed by atoms with van der Waals surface area (Å²) < 4.78 is 4.20. The summed E-state index contributed by atoms with van der Waals surface area (Å²) in [7, 11) is 0. The zero-order valence-electron chi connectivity index (χ0n) is 14.8. The van der Waals surface area contributed by atoms with E-state index in [9.17, 15) is 9.59 Å². The number of benzene rings is 1. The van der Waals surface area contributed by atoms with Gasteiger partial charge in [-0.15, -0.1) is 6.58 Å². The number of carbonyl (C=O) groups is 1. The van der Waals surface area contributed by atoms with Crippen LogP contribution in [-0.2, 0) is 25.9 Å². The highest BCUT2D eigenvalue weighted by Gasteiger charge is 2.16. The molecule has 0 radical (unpaired) electrons. The van der Waals surface area contributed by atoms with Gasteiger partial charge in [-0.25, -0.2) is 4.98 Å². The van der Waals surface area contributed by atoms with Crippen LogP contribution in [0.15, 0.2) is 42.0 Å². The van der Waals surface area contributed by atoms with Crippen LogP contribution in [-0.4, -0.2) is 19.9 Å². The van der Waals surface area contributed by atoms with Crippen molar-refractivity contribution in [2.24, 2.45) is 0 Å². The lowest BCUT2D eigenvalue weighted by Gasteiger charge is -2.16. The molecule has 0 aliphatic heterocycles. The normalized spacial score (nSPS) is 13.5. The van der Waals surface area contributed by atoms with E-state index in [2.05, 4.69) is 11.6 Å². The van der Waals surface area contributed by atoms with E-state index in [4.69, 9.17) is 12.2 Å². The first-order valence-corrected chi connectivity index (χ1v) is 10.2. The van der Waals surface area contributed by atoms with Gasteiger partial charge in [-0.3, -0.25) is 14.2 Å². The van der Waals surface area contributed by atoms with Gasteiger partial charge in [-0.1, -0.05) is 29.5 Å². The molecule has 5 nitrogen and oxygen atoms in total. The quantitative estimate of drug-likeness (QED) is 0.372. The third-order valence-electron chi connectivity index (χ3n) is 4.94. The molecular formula is C20H19N3O2S2. The molecule has 0 atom stereocenters. The summed E-state index contributed by atoms with van der Waals surface area (Å²) in [5.41, 5.74) is 3.56. The van der Waals surface area contributed by atoms with Crippen molar-refractivity contribution in [2.75, 3.05) is 0 Å². The van der Waals surface area contributed by atoms with E-state index in [1.54, 1.807) is 10.6 Å². The van der Waals surface area contributed by atoms with Crippen LogP contribution in [0.3, 0.4) is 0 Å². The van der Waals surface area contributed by atoms with Crippen molar-refractivity contribution in [1.82, 2.24) is 14.1 Å². The highest BCUT2D eigenvalue weighted by atomic mass is 32.1. The number of carbonyl (C=O) groups excluding carboxylic acids is 1. The van der Waals surface area contributed by atoms with Gasteiger partial charge >= 0.3 is 0 Å². The lowest BCUT2D eigenvalue weighted by molar-refractivity contribution is 0.0970. The van der Waals surface area contributed by atoms with Gasteiger partial charge in [0, 0.05) is 12.1 Å². The molecule has 27 heavy (non-hydrogen) atoms. The largest absolute Gasteiger partial charge is 0.304 e. The minimum absolute atomic E-state index is 0.0212. The number of rotatable bonds is 5. The number of thiazole rings is 1. The van der Waals surface area contributed by atoms with Gasteiger partial charge in [0.05, 0.1) is 6.54 Å². The topological polar surface area (TPSA) is 56.9 Å². The van der Waals surface area contributed by atoms with Crippen LogP contribution in [0.2, 0.25) is 0 Å². The summed E-state index contributed by atoms with van der Waals surface area (Å²) >= 11 is 6.54. The SMILES string of the molecule is C=CCn1c(=S)sc2c(=O)n(CC(=O)c3ccc4c(c3)CCCC4)cnc21. The summed E-state index contributed by atoms with van der Waals surface area (Å²) in [5, 5.41) is 0. The van der Waals surface area contributed by atoms with Crippen LogP contribution in [0.1, 0.15) is 34.3 Å². The molecule has 1 aliphatic carbocycles. The number of hydrogen-bond donors (Lipinski definition) is 0. The van der Waals surface area contributed by atoms with Crippen molar-refractivity contribution in [2.45, 2.75) is 38.8 Å². The van der Waals surface area contributed by atoms with E-state index in [1.165, 1.54) is 39.8 Å². The molecular weight excluding hydrogens is 378 g/mol. The molecule has 0 unspecified atom stereocenters. The lowest BCUT2D eigenvalue weighted by atomic mass is 9.90. The van der Waals surface area contributed by atoms with Crippen molar-refractivity contribution in [1.29, 1.82) is 0 Å². The monoisotopic (exact) mass is 397 g/mol. The van der Waals surface area contributed by atoms with Crippen LogP contribution < -0.4 is 5.56 Å². The maximum absolute atomic E-state index is 12.8. The van der Waals surface area contributed by atoms with E-state index in [-0.39, 0.29) is 17.9 Å². The van der Waals surface area contributed by atoms with Crippen molar-refractivity contribution < 1.29 is 4.79 Å². The van der Waals surface area contributed by atoms with Gasteiger partial charge in [-0.2, -0.15) is 0 Å². The van der Waals surface area contributed by atoms with Crippen molar-refractivity contribution in [3.63, 3.8) is 0 Å². The predicted molar refractivity (Wildman–Crippen MR) is 110 cm³/mol. The van der Waals surface area contributed by atoms with Gasteiger partial charge in [0.2, 0.25) is 0 Å². The van der Waals surface area contributed by atoms with Crippen LogP contribution in [0.5, 0.6) is 0 Å². The van der Waals surface area contributed by atoms with Crippen LogP contribution in [0.25, 0.3) is 10.3 Å². The molecule has 2 aromatic heterocycles. The number of allylic oxidation sites excluding steroid dienone is 1. The molecule has 0 spiro atoms. The highest BCUT2D eigenvalue weighted by molar-refractivity contribution is 7.73. The maximum atomic E-state index is 12.8. The van der Waals surface area contributed by atoms with Gasteiger partial charge in [-0.05, 0) is 55.1 Å². The van der Waals surface area contributed by atoms with E-state index in [1.807, 2.05) is 18.2 Å². The first-order valence-electron chi connectivity index (χ1n) is 8.93. The molecule has 1 aromatic carbocycles. The van der Waals surface area contributed by atoms with Gasteiger partial charge in [0.25, 0.3) is 5.56 Å². The fourth-order valence-corrected chi connectivity index (χ4v) is 4.84. The number of fused-ring (bicyclic) bond motifs is 2. The Morgan fingerprint density at radius 2 is 2.07 bits per heavy atom. The van der Waals surface area contributed by atoms with Crippen molar-refractivity contribution >= 4 is 39.7 Å². The summed E-state index contributed by atoms with van der Waals surface area (Å²) in [6, 6.07) is 5.90.